The molecule has 1 N–H and O–H groups in total. The Balaban J connectivity index is 2.03. The van der Waals surface area contributed by atoms with E-state index in [1.165, 1.54) is 0 Å². The number of aryl methyl sites for hydroxylation is 3. The normalized spacial score (nSPS) is 13.0. The zero-order chi connectivity index (χ0) is 17.4. The quantitative estimate of drug-likeness (QED) is 0.778. The standard InChI is InChI=1S/C17H25N7/c1-7-14-8-15(24-16(20-14)11(4)12(5)22-24)19-13(6)17-21-18-9-23(17)10(2)3/h8-10,13,19H,7H2,1-6H3. The van der Waals surface area contributed by atoms with Crippen molar-refractivity contribution in [2.24, 2.45) is 0 Å². The molecule has 1 atom stereocenters. The lowest BCUT2D eigenvalue weighted by atomic mass is 10.2. The summed E-state index contributed by atoms with van der Waals surface area (Å²) in [6.07, 6.45) is 2.66. The van der Waals surface area contributed by atoms with Crippen LogP contribution < -0.4 is 5.32 Å². The molecule has 7 heteroatoms. The number of aromatic nitrogens is 6. The lowest BCUT2D eigenvalue weighted by Crippen LogP contribution is -2.17. The van der Waals surface area contributed by atoms with Crippen LogP contribution in [-0.4, -0.2) is 29.4 Å². The number of hydrogen-bond donors (Lipinski definition) is 1. The number of nitrogens with one attached hydrogen (secondary N) is 1. The largest absolute Gasteiger partial charge is 0.360 e. The van der Waals surface area contributed by atoms with Crippen molar-refractivity contribution in [1.82, 2.24) is 29.4 Å². The highest BCUT2D eigenvalue weighted by Gasteiger charge is 2.18. The molecular weight excluding hydrogens is 302 g/mol. The predicted molar refractivity (Wildman–Crippen MR) is 94.3 cm³/mol. The van der Waals surface area contributed by atoms with E-state index in [1.54, 1.807) is 6.33 Å². The third-order valence-electron chi connectivity index (χ3n) is 4.38. The zero-order valence-corrected chi connectivity index (χ0v) is 15.2. The topological polar surface area (TPSA) is 72.9 Å². The van der Waals surface area contributed by atoms with E-state index in [1.807, 2.05) is 11.4 Å². The van der Waals surface area contributed by atoms with Gasteiger partial charge < -0.3 is 9.88 Å². The van der Waals surface area contributed by atoms with E-state index in [2.05, 4.69) is 65.9 Å². The molecule has 0 fully saturated rings. The van der Waals surface area contributed by atoms with E-state index in [9.17, 15) is 0 Å². The van der Waals surface area contributed by atoms with Crippen molar-refractivity contribution < 1.29 is 0 Å². The summed E-state index contributed by atoms with van der Waals surface area (Å²) in [5.41, 5.74) is 4.07. The smallest absolute Gasteiger partial charge is 0.160 e. The fraction of sp³-hybridized carbons (Fsp3) is 0.529. The SMILES string of the molecule is CCc1cc(NC(C)c2nncn2C(C)C)n2nc(C)c(C)c2n1. The summed E-state index contributed by atoms with van der Waals surface area (Å²) in [5.74, 6) is 1.84. The molecule has 128 valence electrons. The molecule has 3 aromatic rings. The van der Waals surface area contributed by atoms with E-state index in [0.29, 0.717) is 6.04 Å². The summed E-state index contributed by atoms with van der Waals surface area (Å²) >= 11 is 0. The minimum absolute atomic E-state index is 0.00928. The van der Waals surface area contributed by atoms with Crippen LogP contribution >= 0.6 is 0 Å². The number of rotatable bonds is 5. The van der Waals surface area contributed by atoms with Crippen molar-refractivity contribution in [2.75, 3.05) is 5.32 Å². The van der Waals surface area contributed by atoms with E-state index in [0.717, 1.165) is 40.7 Å². The average Bonchev–Trinajstić information content (AvgIpc) is 3.14. The van der Waals surface area contributed by atoms with Gasteiger partial charge in [-0.2, -0.15) is 9.61 Å². The molecule has 0 aromatic carbocycles. The van der Waals surface area contributed by atoms with Crippen LogP contribution in [0.5, 0.6) is 0 Å². The summed E-state index contributed by atoms with van der Waals surface area (Å²) in [7, 11) is 0. The van der Waals surface area contributed by atoms with Crippen molar-refractivity contribution in [3.05, 3.63) is 35.2 Å². The summed E-state index contributed by atoms with van der Waals surface area (Å²) < 4.78 is 3.97. The van der Waals surface area contributed by atoms with Gasteiger partial charge in [-0.05, 0) is 41.0 Å². The molecule has 0 spiro atoms. The Morgan fingerprint density at radius 3 is 2.62 bits per heavy atom. The Hall–Kier alpha value is -2.44. The molecule has 3 rings (SSSR count). The average molecular weight is 327 g/mol. The van der Waals surface area contributed by atoms with Crippen molar-refractivity contribution >= 4 is 11.5 Å². The second-order valence-corrected chi connectivity index (χ2v) is 6.49. The zero-order valence-electron chi connectivity index (χ0n) is 15.2. The Kier molecular flexibility index (Phi) is 4.26. The monoisotopic (exact) mass is 327 g/mol. The maximum Gasteiger partial charge on any atom is 0.160 e. The maximum absolute atomic E-state index is 4.72. The molecule has 0 aliphatic rings. The van der Waals surface area contributed by atoms with Gasteiger partial charge in [0.2, 0.25) is 0 Å². The molecule has 24 heavy (non-hydrogen) atoms. The van der Waals surface area contributed by atoms with Crippen LogP contribution in [-0.2, 0) is 6.42 Å². The van der Waals surface area contributed by atoms with Gasteiger partial charge in [-0.25, -0.2) is 4.98 Å². The number of hydrogen-bond acceptors (Lipinski definition) is 5. The number of anilines is 1. The third-order valence-corrected chi connectivity index (χ3v) is 4.38. The third kappa shape index (κ3) is 2.74. The minimum Gasteiger partial charge on any atom is -0.360 e. The molecule has 1 unspecified atom stereocenters. The molecule has 7 nitrogen and oxygen atoms in total. The molecule has 0 aliphatic carbocycles. The van der Waals surface area contributed by atoms with Crippen LogP contribution in [0.3, 0.4) is 0 Å². The summed E-state index contributed by atoms with van der Waals surface area (Å²) in [5, 5.41) is 16.5. The molecule has 3 aromatic heterocycles. The van der Waals surface area contributed by atoms with Crippen molar-refractivity contribution in [1.29, 1.82) is 0 Å². The second kappa shape index (κ2) is 6.22. The van der Waals surface area contributed by atoms with Gasteiger partial charge in [0.1, 0.15) is 12.1 Å². The molecule has 0 radical (unpaired) electrons. The summed E-state index contributed by atoms with van der Waals surface area (Å²) in [6.45, 7) is 12.5. The number of nitrogens with zero attached hydrogens (tertiary/aromatic N) is 6. The van der Waals surface area contributed by atoms with E-state index in [4.69, 9.17) is 4.98 Å². The van der Waals surface area contributed by atoms with Gasteiger partial charge in [-0.15, -0.1) is 10.2 Å². The Morgan fingerprint density at radius 1 is 1.21 bits per heavy atom. The van der Waals surface area contributed by atoms with Gasteiger partial charge >= 0.3 is 0 Å². The second-order valence-electron chi connectivity index (χ2n) is 6.49. The highest BCUT2D eigenvalue weighted by molar-refractivity contribution is 5.56. The molecular formula is C17H25N7. The predicted octanol–water partition coefficient (Wildman–Crippen LogP) is 3.25. The Bertz CT molecular complexity index is 859. The summed E-state index contributed by atoms with van der Waals surface area (Å²) in [6, 6.07) is 2.39. The van der Waals surface area contributed by atoms with Gasteiger partial charge in [0.05, 0.1) is 11.7 Å². The van der Waals surface area contributed by atoms with E-state index in [-0.39, 0.29) is 6.04 Å². The lowest BCUT2D eigenvalue weighted by molar-refractivity contribution is 0.551. The highest BCUT2D eigenvalue weighted by atomic mass is 15.3. The fourth-order valence-electron chi connectivity index (χ4n) is 2.81. The van der Waals surface area contributed by atoms with Crippen LogP contribution in [0.2, 0.25) is 0 Å². The van der Waals surface area contributed by atoms with Gasteiger partial charge in [-0.1, -0.05) is 6.92 Å². The van der Waals surface area contributed by atoms with Gasteiger partial charge in [0.25, 0.3) is 0 Å². The Labute approximate surface area is 142 Å². The maximum atomic E-state index is 4.72. The first kappa shape index (κ1) is 16.4. The van der Waals surface area contributed by atoms with Crippen LogP contribution in [0, 0.1) is 13.8 Å². The van der Waals surface area contributed by atoms with Gasteiger partial charge in [0, 0.05) is 23.4 Å². The lowest BCUT2D eigenvalue weighted by Gasteiger charge is -2.18. The first-order valence-corrected chi connectivity index (χ1v) is 8.44. The molecule has 0 amide bonds. The minimum atomic E-state index is 0.00928. The summed E-state index contributed by atoms with van der Waals surface area (Å²) in [4.78, 5) is 4.72. The fourth-order valence-corrected chi connectivity index (χ4v) is 2.81. The van der Waals surface area contributed by atoms with E-state index < -0.39 is 0 Å². The van der Waals surface area contributed by atoms with Crippen LogP contribution in [0.1, 0.15) is 62.6 Å². The molecule has 0 saturated carbocycles. The van der Waals surface area contributed by atoms with Crippen LogP contribution in [0.15, 0.2) is 12.4 Å². The highest BCUT2D eigenvalue weighted by Crippen LogP contribution is 2.23. The molecule has 3 heterocycles. The molecule has 0 aliphatic heterocycles. The molecule has 0 saturated heterocycles. The first-order chi connectivity index (χ1) is 11.4. The van der Waals surface area contributed by atoms with Crippen molar-refractivity contribution in [3.8, 4) is 0 Å². The van der Waals surface area contributed by atoms with Crippen molar-refractivity contribution in [2.45, 2.75) is 60.0 Å². The van der Waals surface area contributed by atoms with Crippen LogP contribution in [0.25, 0.3) is 5.65 Å². The van der Waals surface area contributed by atoms with Gasteiger partial charge in [-0.3, -0.25) is 0 Å². The van der Waals surface area contributed by atoms with Gasteiger partial charge in [0.15, 0.2) is 11.5 Å². The van der Waals surface area contributed by atoms with Crippen molar-refractivity contribution in [3.63, 3.8) is 0 Å². The first-order valence-electron chi connectivity index (χ1n) is 8.44. The van der Waals surface area contributed by atoms with Crippen LogP contribution in [0.4, 0.5) is 5.82 Å². The number of fused-ring (bicyclic) bond motifs is 1. The molecule has 0 bridgehead atoms. The van der Waals surface area contributed by atoms with E-state index >= 15 is 0 Å². The Morgan fingerprint density at radius 2 is 1.96 bits per heavy atom.